The Balaban J connectivity index is 1.96. The molecule has 6 nitrogen and oxygen atoms in total. The number of anilines is 1. The van der Waals surface area contributed by atoms with Crippen LogP contribution in [0.5, 0.6) is 5.75 Å². The zero-order chi connectivity index (χ0) is 21.1. The van der Waals surface area contributed by atoms with E-state index in [1.807, 2.05) is 6.92 Å². The maximum Gasteiger partial charge on any atom is 0.335 e. The summed E-state index contributed by atoms with van der Waals surface area (Å²) in [4.78, 5) is 38.4. The SMILES string of the molecule is C=CCOc1ccc(/C=C2/C(=O)NC(=O)N(c3ccc(Br)c(C)c3)C2=O)cc1Cl. The van der Waals surface area contributed by atoms with Gasteiger partial charge >= 0.3 is 6.03 Å². The third-order valence-electron chi connectivity index (χ3n) is 4.13. The average Bonchev–Trinajstić information content (AvgIpc) is 2.67. The van der Waals surface area contributed by atoms with Crippen LogP contribution in [0, 0.1) is 6.92 Å². The van der Waals surface area contributed by atoms with Gasteiger partial charge in [-0.25, -0.2) is 9.69 Å². The molecule has 1 aliphatic rings. The maximum absolute atomic E-state index is 12.9. The molecule has 0 radical (unpaired) electrons. The minimum Gasteiger partial charge on any atom is -0.488 e. The molecule has 0 spiro atoms. The van der Waals surface area contributed by atoms with Crippen LogP contribution >= 0.6 is 27.5 Å². The highest BCUT2D eigenvalue weighted by Crippen LogP contribution is 2.29. The molecule has 1 N–H and O–H groups in total. The van der Waals surface area contributed by atoms with E-state index < -0.39 is 17.8 Å². The Morgan fingerprint density at radius 1 is 1.21 bits per heavy atom. The van der Waals surface area contributed by atoms with Gasteiger partial charge in [0.1, 0.15) is 17.9 Å². The molecular formula is C21H16BrClN2O4. The van der Waals surface area contributed by atoms with E-state index in [4.69, 9.17) is 16.3 Å². The standard InChI is InChI=1S/C21H16BrClN2O4/c1-3-8-29-18-7-4-13(11-17(18)23)10-15-19(26)24-21(28)25(20(15)27)14-5-6-16(22)12(2)9-14/h3-7,9-11H,1,8H2,2H3,(H,24,26,28)/b15-10-. The summed E-state index contributed by atoms with van der Waals surface area (Å²) >= 11 is 9.57. The molecule has 0 aromatic heterocycles. The molecule has 1 fully saturated rings. The minimum absolute atomic E-state index is 0.180. The van der Waals surface area contributed by atoms with Crippen molar-refractivity contribution in [2.45, 2.75) is 6.92 Å². The van der Waals surface area contributed by atoms with Gasteiger partial charge in [0, 0.05) is 4.47 Å². The van der Waals surface area contributed by atoms with Gasteiger partial charge in [-0.3, -0.25) is 14.9 Å². The highest BCUT2D eigenvalue weighted by molar-refractivity contribution is 9.10. The van der Waals surface area contributed by atoms with E-state index in [9.17, 15) is 14.4 Å². The molecule has 2 aromatic carbocycles. The lowest BCUT2D eigenvalue weighted by Crippen LogP contribution is -2.54. The van der Waals surface area contributed by atoms with Crippen LogP contribution in [0.15, 0.2) is 59.1 Å². The Kier molecular flexibility index (Phi) is 6.20. The second-order valence-electron chi connectivity index (χ2n) is 6.18. The van der Waals surface area contributed by atoms with Crippen LogP contribution in [-0.2, 0) is 9.59 Å². The Morgan fingerprint density at radius 2 is 1.97 bits per heavy atom. The molecule has 4 amide bonds. The highest BCUT2D eigenvalue weighted by atomic mass is 79.9. The molecule has 0 saturated carbocycles. The Labute approximate surface area is 180 Å². The second kappa shape index (κ2) is 8.63. The molecule has 1 aliphatic heterocycles. The third-order valence-corrected chi connectivity index (χ3v) is 5.31. The Bertz CT molecular complexity index is 1060. The largest absolute Gasteiger partial charge is 0.488 e. The number of carbonyl (C=O) groups excluding carboxylic acids is 3. The van der Waals surface area contributed by atoms with Gasteiger partial charge in [-0.1, -0.05) is 46.3 Å². The summed E-state index contributed by atoms with van der Waals surface area (Å²) in [5, 5.41) is 2.52. The first-order valence-corrected chi connectivity index (χ1v) is 9.69. The summed E-state index contributed by atoms with van der Waals surface area (Å²) < 4.78 is 6.25. The lowest BCUT2D eigenvalue weighted by atomic mass is 10.1. The first kappa shape index (κ1) is 20.8. The average molecular weight is 476 g/mol. The van der Waals surface area contributed by atoms with Gasteiger partial charge in [-0.2, -0.15) is 0 Å². The van der Waals surface area contributed by atoms with Crippen LogP contribution in [0.2, 0.25) is 5.02 Å². The van der Waals surface area contributed by atoms with Gasteiger partial charge in [-0.15, -0.1) is 0 Å². The van der Waals surface area contributed by atoms with Crippen LogP contribution in [0.3, 0.4) is 0 Å². The number of urea groups is 1. The molecule has 2 aromatic rings. The quantitative estimate of drug-likeness (QED) is 0.388. The number of imide groups is 2. The summed E-state index contributed by atoms with van der Waals surface area (Å²) in [5.74, 6) is -1.04. The smallest absolute Gasteiger partial charge is 0.335 e. The first-order chi connectivity index (χ1) is 13.8. The molecule has 3 rings (SSSR count). The fourth-order valence-corrected chi connectivity index (χ4v) is 3.19. The monoisotopic (exact) mass is 474 g/mol. The number of nitrogens with zero attached hydrogens (tertiary/aromatic N) is 1. The molecule has 1 saturated heterocycles. The van der Waals surface area contributed by atoms with E-state index in [1.54, 1.807) is 42.5 Å². The van der Waals surface area contributed by atoms with Crippen LogP contribution in [0.1, 0.15) is 11.1 Å². The Morgan fingerprint density at radius 3 is 2.62 bits per heavy atom. The molecular weight excluding hydrogens is 460 g/mol. The lowest BCUT2D eigenvalue weighted by molar-refractivity contribution is -0.122. The molecule has 0 atom stereocenters. The van der Waals surface area contributed by atoms with Crippen LogP contribution < -0.4 is 15.0 Å². The predicted molar refractivity (Wildman–Crippen MR) is 115 cm³/mol. The fraction of sp³-hybridized carbons (Fsp3) is 0.0952. The van der Waals surface area contributed by atoms with Crippen molar-refractivity contribution in [3.63, 3.8) is 0 Å². The number of hydrogen-bond donors (Lipinski definition) is 1. The number of nitrogens with one attached hydrogen (secondary N) is 1. The van der Waals surface area contributed by atoms with Crippen molar-refractivity contribution in [3.05, 3.63) is 75.2 Å². The number of ether oxygens (including phenoxy) is 1. The first-order valence-electron chi connectivity index (χ1n) is 8.52. The van der Waals surface area contributed by atoms with Crippen molar-refractivity contribution >= 4 is 57.1 Å². The summed E-state index contributed by atoms with van der Waals surface area (Å²) in [5.41, 5.74) is 1.53. The molecule has 0 bridgehead atoms. The van der Waals surface area contributed by atoms with Gasteiger partial charge in [0.05, 0.1) is 10.7 Å². The van der Waals surface area contributed by atoms with E-state index in [-0.39, 0.29) is 5.57 Å². The number of aryl methyl sites for hydroxylation is 1. The number of carbonyl (C=O) groups is 3. The normalized spacial score (nSPS) is 15.5. The van der Waals surface area contributed by atoms with Gasteiger partial charge in [0.2, 0.25) is 0 Å². The van der Waals surface area contributed by atoms with Crippen LogP contribution in [-0.4, -0.2) is 24.5 Å². The van der Waals surface area contributed by atoms with Crippen molar-refractivity contribution in [1.29, 1.82) is 0 Å². The zero-order valence-corrected chi connectivity index (χ0v) is 17.7. The number of benzene rings is 2. The maximum atomic E-state index is 12.9. The van der Waals surface area contributed by atoms with Crippen molar-refractivity contribution in [1.82, 2.24) is 5.32 Å². The van der Waals surface area contributed by atoms with E-state index in [2.05, 4.69) is 27.8 Å². The van der Waals surface area contributed by atoms with Crippen LogP contribution in [0.25, 0.3) is 6.08 Å². The summed E-state index contributed by atoms with van der Waals surface area (Å²) in [6.45, 7) is 5.70. The van der Waals surface area contributed by atoms with Crippen molar-refractivity contribution in [2.75, 3.05) is 11.5 Å². The molecule has 0 aliphatic carbocycles. The van der Waals surface area contributed by atoms with Gasteiger partial charge in [-0.05, 0) is 54.5 Å². The van der Waals surface area contributed by atoms with Gasteiger partial charge in [0.15, 0.2) is 0 Å². The molecule has 1 heterocycles. The number of amides is 4. The Hall–Kier alpha value is -2.90. The van der Waals surface area contributed by atoms with Crippen molar-refractivity contribution in [3.8, 4) is 5.75 Å². The summed E-state index contributed by atoms with van der Waals surface area (Å²) in [6, 6.07) is 9.07. The number of halogens is 2. The lowest BCUT2D eigenvalue weighted by Gasteiger charge is -2.26. The van der Waals surface area contributed by atoms with Gasteiger partial charge < -0.3 is 4.74 Å². The van der Waals surface area contributed by atoms with E-state index in [0.29, 0.717) is 28.6 Å². The number of hydrogen-bond acceptors (Lipinski definition) is 4. The van der Waals surface area contributed by atoms with Gasteiger partial charge in [0.25, 0.3) is 11.8 Å². The van der Waals surface area contributed by atoms with E-state index >= 15 is 0 Å². The fourth-order valence-electron chi connectivity index (χ4n) is 2.70. The molecule has 0 unspecified atom stereocenters. The minimum atomic E-state index is -0.801. The third kappa shape index (κ3) is 4.41. The predicted octanol–water partition coefficient (Wildman–Crippen LogP) is 4.64. The van der Waals surface area contributed by atoms with Crippen LogP contribution in [0.4, 0.5) is 10.5 Å². The molecule has 148 valence electrons. The van der Waals surface area contributed by atoms with Crippen molar-refractivity contribution < 1.29 is 19.1 Å². The number of rotatable bonds is 5. The zero-order valence-electron chi connectivity index (χ0n) is 15.4. The summed E-state index contributed by atoms with van der Waals surface area (Å²) in [6.07, 6.45) is 2.97. The topological polar surface area (TPSA) is 75.7 Å². The molecule has 29 heavy (non-hydrogen) atoms. The number of barbiturate groups is 1. The van der Waals surface area contributed by atoms with E-state index in [0.717, 1.165) is 14.9 Å². The van der Waals surface area contributed by atoms with Crippen molar-refractivity contribution in [2.24, 2.45) is 0 Å². The molecule has 8 heteroatoms. The van der Waals surface area contributed by atoms with E-state index in [1.165, 1.54) is 6.08 Å². The highest BCUT2D eigenvalue weighted by Gasteiger charge is 2.36. The second-order valence-corrected chi connectivity index (χ2v) is 7.44. The summed E-state index contributed by atoms with van der Waals surface area (Å²) in [7, 11) is 0.